The Labute approximate surface area is 46.4 Å². The van der Waals surface area contributed by atoms with Crippen LogP contribution < -0.4 is 0 Å². The van der Waals surface area contributed by atoms with E-state index in [2.05, 4.69) is 12.6 Å². The number of aliphatic carboxylic acids is 1. The molecule has 0 amide bonds. The van der Waals surface area contributed by atoms with Crippen LogP contribution in [0.1, 0.15) is 0 Å². The Bertz CT molecular complexity index is 72.6. The molecule has 0 saturated carbocycles. The van der Waals surface area contributed by atoms with Crippen LogP contribution in [0.2, 0.25) is 0 Å². The highest BCUT2D eigenvalue weighted by Crippen LogP contribution is 1.89. The Morgan fingerprint density at radius 3 is 2.29 bits per heavy atom. The number of carbonyl (C=O) groups is 1. The molecule has 0 radical (unpaired) electrons. The van der Waals surface area contributed by atoms with Gasteiger partial charge in [-0.3, -0.25) is 4.79 Å². The van der Waals surface area contributed by atoms with E-state index in [0.29, 0.717) is 0 Å². The van der Waals surface area contributed by atoms with Gasteiger partial charge >= 0.3 is 5.97 Å². The number of thiol groups is 1. The van der Waals surface area contributed by atoms with Gasteiger partial charge in [-0.2, -0.15) is 12.6 Å². The smallest absolute Gasteiger partial charge is 0.318 e. The maximum atomic E-state index is 9.69. The minimum Gasteiger partial charge on any atom is -0.480 e. The number of hydrogen-bond donors (Lipinski definition) is 3. The van der Waals surface area contributed by atoms with E-state index < -0.39 is 17.8 Å². The summed E-state index contributed by atoms with van der Waals surface area (Å²) in [5.41, 5.74) is 0. The first kappa shape index (κ1) is 6.78. The number of carboxylic acid groups (broad SMARTS) is 1. The third-order valence-corrected chi connectivity index (χ3v) is 0.842. The number of carboxylic acids is 1. The van der Waals surface area contributed by atoms with Crippen molar-refractivity contribution in [3.8, 4) is 0 Å². The van der Waals surface area contributed by atoms with Gasteiger partial charge in [0.2, 0.25) is 0 Å². The van der Waals surface area contributed by atoms with Crippen LogP contribution in [-0.4, -0.2) is 28.0 Å². The molecule has 0 aromatic carbocycles. The zero-order valence-electron chi connectivity index (χ0n) is 3.53. The SMILES string of the molecule is O=C(O)C(S)CO. The fourth-order valence-corrected chi connectivity index (χ4v) is 0.0781. The van der Waals surface area contributed by atoms with Crippen molar-refractivity contribution in [3.05, 3.63) is 0 Å². The Morgan fingerprint density at radius 2 is 2.29 bits per heavy atom. The summed E-state index contributed by atoms with van der Waals surface area (Å²) < 4.78 is 0. The van der Waals surface area contributed by atoms with Gasteiger partial charge in [-0.05, 0) is 0 Å². The average molecular weight is 122 g/mol. The van der Waals surface area contributed by atoms with Crippen molar-refractivity contribution in [2.45, 2.75) is 5.25 Å². The summed E-state index contributed by atoms with van der Waals surface area (Å²) >= 11 is 3.48. The first-order valence-electron chi connectivity index (χ1n) is 1.70. The number of aliphatic hydroxyl groups excluding tert-OH is 1. The fourth-order valence-electron chi connectivity index (χ4n) is 0.0781. The summed E-state index contributed by atoms with van der Waals surface area (Å²) in [6.07, 6.45) is 0. The summed E-state index contributed by atoms with van der Waals surface area (Å²) in [4.78, 5) is 9.69. The third kappa shape index (κ3) is 2.47. The number of aliphatic hydroxyl groups is 1. The molecule has 7 heavy (non-hydrogen) atoms. The maximum absolute atomic E-state index is 9.69. The molecular weight excluding hydrogens is 116 g/mol. The molecular formula is C3H6O3S. The van der Waals surface area contributed by atoms with Gasteiger partial charge in [0.15, 0.2) is 0 Å². The Hall–Kier alpha value is -0.220. The van der Waals surface area contributed by atoms with Crippen molar-refractivity contribution >= 4 is 18.6 Å². The molecule has 0 aromatic heterocycles. The lowest BCUT2D eigenvalue weighted by atomic mass is 10.5. The molecule has 0 saturated heterocycles. The molecule has 0 bridgehead atoms. The summed E-state index contributed by atoms with van der Waals surface area (Å²) in [7, 11) is 0. The van der Waals surface area contributed by atoms with Gasteiger partial charge in [0.25, 0.3) is 0 Å². The molecule has 4 heteroatoms. The molecule has 0 aromatic rings. The van der Waals surface area contributed by atoms with Gasteiger partial charge in [0.05, 0.1) is 6.61 Å². The third-order valence-electron chi connectivity index (χ3n) is 0.458. The van der Waals surface area contributed by atoms with Crippen LogP contribution in [0.4, 0.5) is 0 Å². The van der Waals surface area contributed by atoms with Crippen LogP contribution in [0, 0.1) is 0 Å². The quantitative estimate of drug-likeness (QED) is 0.427. The van der Waals surface area contributed by atoms with Crippen LogP contribution in [0.15, 0.2) is 0 Å². The lowest BCUT2D eigenvalue weighted by Gasteiger charge is -1.95. The molecule has 0 heterocycles. The van der Waals surface area contributed by atoms with Gasteiger partial charge in [-0.15, -0.1) is 0 Å². The molecule has 0 aliphatic rings. The molecule has 1 unspecified atom stereocenters. The second kappa shape index (κ2) is 2.87. The van der Waals surface area contributed by atoms with Crippen molar-refractivity contribution in [2.75, 3.05) is 6.61 Å². The Balaban J connectivity index is 3.34. The van der Waals surface area contributed by atoms with E-state index in [1.165, 1.54) is 0 Å². The van der Waals surface area contributed by atoms with Crippen molar-refractivity contribution in [1.29, 1.82) is 0 Å². The Kier molecular flexibility index (Phi) is 2.78. The minimum atomic E-state index is -1.09. The van der Waals surface area contributed by atoms with E-state index in [4.69, 9.17) is 10.2 Å². The lowest BCUT2D eigenvalue weighted by molar-refractivity contribution is -0.136. The highest BCUT2D eigenvalue weighted by molar-refractivity contribution is 7.81. The predicted octanol–water partition coefficient (Wildman–Crippen LogP) is -0.638. The van der Waals surface area contributed by atoms with E-state index in [1.54, 1.807) is 0 Å². The number of rotatable bonds is 2. The van der Waals surface area contributed by atoms with Gasteiger partial charge in [-0.1, -0.05) is 0 Å². The van der Waals surface area contributed by atoms with Gasteiger partial charge in [0.1, 0.15) is 5.25 Å². The molecule has 2 N–H and O–H groups in total. The molecule has 0 aliphatic carbocycles. The predicted molar refractivity (Wildman–Crippen MR) is 27.5 cm³/mol. The van der Waals surface area contributed by atoms with Gasteiger partial charge in [-0.25, -0.2) is 0 Å². The highest BCUT2D eigenvalue weighted by atomic mass is 32.1. The fraction of sp³-hybridized carbons (Fsp3) is 0.667. The van der Waals surface area contributed by atoms with Crippen molar-refractivity contribution in [3.63, 3.8) is 0 Å². The molecule has 42 valence electrons. The minimum absolute atomic E-state index is 0.418. The standard InChI is InChI=1S/C3H6O3S/c4-1-2(7)3(5)6/h2,4,7H,1H2,(H,5,6). The molecule has 0 spiro atoms. The monoisotopic (exact) mass is 122 g/mol. The van der Waals surface area contributed by atoms with E-state index >= 15 is 0 Å². The first-order chi connectivity index (χ1) is 3.18. The Morgan fingerprint density at radius 1 is 1.86 bits per heavy atom. The largest absolute Gasteiger partial charge is 0.480 e. The maximum Gasteiger partial charge on any atom is 0.318 e. The summed E-state index contributed by atoms with van der Waals surface area (Å²) in [5, 5.41) is 15.1. The topological polar surface area (TPSA) is 57.5 Å². The molecule has 3 nitrogen and oxygen atoms in total. The van der Waals surface area contributed by atoms with Crippen LogP contribution in [0.25, 0.3) is 0 Å². The van der Waals surface area contributed by atoms with Crippen LogP contribution in [-0.2, 0) is 4.79 Å². The van der Waals surface area contributed by atoms with Crippen molar-refractivity contribution < 1.29 is 15.0 Å². The highest BCUT2D eigenvalue weighted by Gasteiger charge is 2.07. The molecule has 1 atom stereocenters. The normalized spacial score (nSPS) is 13.4. The average Bonchev–Trinajstić information content (AvgIpc) is 1.65. The zero-order valence-corrected chi connectivity index (χ0v) is 4.43. The second-order valence-corrected chi connectivity index (χ2v) is 1.66. The zero-order chi connectivity index (χ0) is 5.86. The van der Waals surface area contributed by atoms with Crippen LogP contribution in [0.5, 0.6) is 0 Å². The van der Waals surface area contributed by atoms with Crippen LogP contribution in [0.3, 0.4) is 0 Å². The van der Waals surface area contributed by atoms with Crippen LogP contribution >= 0.6 is 12.6 Å². The summed E-state index contributed by atoms with van der Waals surface area (Å²) in [6, 6.07) is 0. The van der Waals surface area contributed by atoms with Crippen molar-refractivity contribution in [2.24, 2.45) is 0 Å². The first-order valence-corrected chi connectivity index (χ1v) is 2.22. The van der Waals surface area contributed by atoms with Gasteiger partial charge in [0, 0.05) is 0 Å². The number of hydrogen-bond acceptors (Lipinski definition) is 3. The molecule has 0 fully saturated rings. The lowest BCUT2D eigenvalue weighted by Crippen LogP contribution is -2.16. The molecule has 0 aliphatic heterocycles. The van der Waals surface area contributed by atoms with E-state index in [1.807, 2.05) is 0 Å². The molecule has 0 rings (SSSR count). The summed E-state index contributed by atoms with van der Waals surface area (Å²) in [6.45, 7) is -0.418. The van der Waals surface area contributed by atoms with E-state index in [-0.39, 0.29) is 0 Å². The van der Waals surface area contributed by atoms with E-state index in [9.17, 15) is 4.79 Å². The van der Waals surface area contributed by atoms with Gasteiger partial charge < -0.3 is 10.2 Å². The van der Waals surface area contributed by atoms with Crippen molar-refractivity contribution in [1.82, 2.24) is 0 Å². The summed E-state index contributed by atoms with van der Waals surface area (Å²) in [5.74, 6) is -1.09. The van der Waals surface area contributed by atoms with E-state index in [0.717, 1.165) is 0 Å². The second-order valence-electron chi connectivity index (χ2n) is 1.04.